The van der Waals surface area contributed by atoms with Gasteiger partial charge in [0.15, 0.2) is 5.69 Å². The van der Waals surface area contributed by atoms with Gasteiger partial charge < -0.3 is 10.6 Å². The van der Waals surface area contributed by atoms with Crippen LogP contribution in [0.15, 0.2) is 24.5 Å². The molecule has 0 saturated carbocycles. The number of aromatic amines is 1. The first-order chi connectivity index (χ1) is 9.72. The van der Waals surface area contributed by atoms with Crippen LogP contribution in [0.2, 0.25) is 0 Å². The summed E-state index contributed by atoms with van der Waals surface area (Å²) in [7, 11) is 0. The second-order valence-electron chi connectivity index (χ2n) is 4.45. The Bertz CT molecular complexity index is 564. The topological polar surface area (TPSA) is 82.7 Å². The highest BCUT2D eigenvalue weighted by molar-refractivity contribution is 5.93. The molecule has 0 radical (unpaired) electrons. The van der Waals surface area contributed by atoms with Gasteiger partial charge in [0.05, 0.1) is 5.69 Å². The number of hydrogen-bond acceptors (Lipinski definition) is 4. The zero-order valence-corrected chi connectivity index (χ0v) is 11.7. The summed E-state index contributed by atoms with van der Waals surface area (Å²) in [4.78, 5) is 16.0. The van der Waals surface area contributed by atoms with Crippen LogP contribution in [0.25, 0.3) is 0 Å². The number of H-pyrrole nitrogens is 1. The number of amides is 1. The van der Waals surface area contributed by atoms with E-state index in [1.165, 1.54) is 0 Å². The van der Waals surface area contributed by atoms with Gasteiger partial charge in [-0.15, -0.1) is 0 Å². The van der Waals surface area contributed by atoms with E-state index < -0.39 is 0 Å². The van der Waals surface area contributed by atoms with Crippen molar-refractivity contribution < 1.29 is 4.79 Å². The van der Waals surface area contributed by atoms with Gasteiger partial charge in [0.25, 0.3) is 5.91 Å². The number of nitrogens with one attached hydrogen (secondary N) is 3. The van der Waals surface area contributed by atoms with E-state index in [1.807, 2.05) is 26.0 Å². The molecule has 0 saturated heterocycles. The van der Waals surface area contributed by atoms with Crippen molar-refractivity contribution in [3.8, 4) is 0 Å². The van der Waals surface area contributed by atoms with Crippen molar-refractivity contribution in [2.75, 3.05) is 18.4 Å². The maximum Gasteiger partial charge on any atom is 0.272 e. The summed E-state index contributed by atoms with van der Waals surface area (Å²) < 4.78 is 0. The van der Waals surface area contributed by atoms with Crippen molar-refractivity contribution >= 4 is 11.6 Å². The summed E-state index contributed by atoms with van der Waals surface area (Å²) in [6.45, 7) is 5.11. The third-order valence-electron chi connectivity index (χ3n) is 3.08. The first kappa shape index (κ1) is 14.0. The van der Waals surface area contributed by atoms with Gasteiger partial charge in [0.2, 0.25) is 0 Å². The van der Waals surface area contributed by atoms with Crippen LogP contribution in [-0.4, -0.2) is 34.2 Å². The summed E-state index contributed by atoms with van der Waals surface area (Å²) in [6.07, 6.45) is 4.31. The highest BCUT2D eigenvalue weighted by atomic mass is 16.1. The minimum absolute atomic E-state index is 0.147. The van der Waals surface area contributed by atoms with Crippen LogP contribution in [0.5, 0.6) is 0 Å². The molecular weight excluding hydrogens is 254 g/mol. The number of rotatable bonds is 6. The van der Waals surface area contributed by atoms with Crippen molar-refractivity contribution in [2.24, 2.45) is 0 Å². The third-order valence-corrected chi connectivity index (χ3v) is 3.08. The molecule has 1 amide bonds. The molecule has 2 aromatic heterocycles. The van der Waals surface area contributed by atoms with Crippen LogP contribution < -0.4 is 10.6 Å². The van der Waals surface area contributed by atoms with E-state index in [0.29, 0.717) is 18.8 Å². The SMILES string of the molecule is CCc1[nH]nc(C(=O)NCCNc2cccnc2)c1C. The molecule has 0 aliphatic rings. The maximum atomic E-state index is 12.0. The van der Waals surface area contributed by atoms with Crippen LogP contribution >= 0.6 is 0 Å². The predicted molar refractivity (Wildman–Crippen MR) is 77.8 cm³/mol. The predicted octanol–water partition coefficient (Wildman–Crippen LogP) is 1.52. The first-order valence-electron chi connectivity index (χ1n) is 6.68. The Kier molecular flexibility index (Phi) is 4.70. The molecule has 6 heteroatoms. The fourth-order valence-electron chi connectivity index (χ4n) is 1.93. The zero-order chi connectivity index (χ0) is 14.4. The number of hydrogen-bond donors (Lipinski definition) is 3. The lowest BCUT2D eigenvalue weighted by Crippen LogP contribution is -2.29. The average Bonchev–Trinajstić information content (AvgIpc) is 2.85. The Morgan fingerprint density at radius 2 is 2.25 bits per heavy atom. The van der Waals surface area contributed by atoms with Gasteiger partial charge in [0.1, 0.15) is 0 Å². The van der Waals surface area contributed by atoms with Gasteiger partial charge in [0, 0.05) is 36.7 Å². The van der Waals surface area contributed by atoms with Crippen molar-refractivity contribution in [3.63, 3.8) is 0 Å². The van der Waals surface area contributed by atoms with E-state index in [9.17, 15) is 4.79 Å². The summed E-state index contributed by atoms with van der Waals surface area (Å²) in [5, 5.41) is 13.0. The molecular formula is C14H19N5O. The quantitative estimate of drug-likeness (QED) is 0.697. The molecule has 2 aromatic rings. The molecule has 0 fully saturated rings. The molecule has 2 rings (SSSR count). The van der Waals surface area contributed by atoms with Crippen LogP contribution in [0, 0.1) is 6.92 Å². The number of aromatic nitrogens is 3. The average molecular weight is 273 g/mol. The lowest BCUT2D eigenvalue weighted by Gasteiger charge is -2.06. The molecule has 0 aliphatic carbocycles. The van der Waals surface area contributed by atoms with Crippen molar-refractivity contribution in [2.45, 2.75) is 20.3 Å². The summed E-state index contributed by atoms with van der Waals surface area (Å²) in [6, 6.07) is 3.79. The molecule has 0 unspecified atom stereocenters. The molecule has 2 heterocycles. The van der Waals surface area contributed by atoms with Crippen LogP contribution in [0.4, 0.5) is 5.69 Å². The summed E-state index contributed by atoms with van der Waals surface area (Å²) in [5.41, 5.74) is 3.34. The van der Waals surface area contributed by atoms with Gasteiger partial charge in [-0.25, -0.2) is 0 Å². The summed E-state index contributed by atoms with van der Waals surface area (Å²) in [5.74, 6) is -0.147. The molecule has 6 nitrogen and oxygen atoms in total. The highest BCUT2D eigenvalue weighted by Gasteiger charge is 2.14. The molecule has 0 aliphatic heterocycles. The fraction of sp³-hybridized carbons (Fsp3) is 0.357. The van der Waals surface area contributed by atoms with Gasteiger partial charge in [-0.2, -0.15) is 5.10 Å². The van der Waals surface area contributed by atoms with E-state index >= 15 is 0 Å². The normalized spacial score (nSPS) is 10.3. The van der Waals surface area contributed by atoms with Crippen LogP contribution in [0.1, 0.15) is 28.7 Å². The second-order valence-corrected chi connectivity index (χ2v) is 4.45. The molecule has 0 aromatic carbocycles. The van der Waals surface area contributed by atoms with Crippen molar-refractivity contribution in [1.29, 1.82) is 0 Å². The number of aryl methyl sites for hydroxylation is 1. The van der Waals surface area contributed by atoms with Gasteiger partial charge in [-0.3, -0.25) is 14.9 Å². The Morgan fingerprint density at radius 3 is 2.90 bits per heavy atom. The van der Waals surface area contributed by atoms with E-state index in [4.69, 9.17) is 0 Å². The number of carbonyl (C=O) groups excluding carboxylic acids is 1. The lowest BCUT2D eigenvalue weighted by atomic mass is 10.1. The lowest BCUT2D eigenvalue weighted by molar-refractivity contribution is 0.0949. The second kappa shape index (κ2) is 6.70. The molecule has 0 spiro atoms. The highest BCUT2D eigenvalue weighted by Crippen LogP contribution is 2.09. The number of carbonyl (C=O) groups is 1. The molecule has 0 atom stereocenters. The smallest absolute Gasteiger partial charge is 0.272 e. The van der Waals surface area contributed by atoms with Gasteiger partial charge in [-0.05, 0) is 25.5 Å². The minimum Gasteiger partial charge on any atom is -0.382 e. The number of nitrogens with zero attached hydrogens (tertiary/aromatic N) is 2. The van der Waals surface area contributed by atoms with Crippen molar-refractivity contribution in [3.05, 3.63) is 41.5 Å². The number of pyridine rings is 1. The monoisotopic (exact) mass is 273 g/mol. The minimum atomic E-state index is -0.147. The van der Waals surface area contributed by atoms with Crippen molar-refractivity contribution in [1.82, 2.24) is 20.5 Å². The Labute approximate surface area is 118 Å². The van der Waals surface area contributed by atoms with E-state index in [0.717, 1.165) is 23.4 Å². The zero-order valence-electron chi connectivity index (χ0n) is 11.7. The van der Waals surface area contributed by atoms with Crippen LogP contribution in [-0.2, 0) is 6.42 Å². The van der Waals surface area contributed by atoms with E-state index in [1.54, 1.807) is 12.4 Å². The molecule has 106 valence electrons. The fourth-order valence-corrected chi connectivity index (χ4v) is 1.93. The molecule has 0 bridgehead atoms. The number of anilines is 1. The molecule has 20 heavy (non-hydrogen) atoms. The third kappa shape index (κ3) is 3.34. The van der Waals surface area contributed by atoms with E-state index in [-0.39, 0.29) is 5.91 Å². The van der Waals surface area contributed by atoms with E-state index in [2.05, 4.69) is 25.8 Å². The first-order valence-corrected chi connectivity index (χ1v) is 6.68. The standard InChI is InChI=1S/C14H19N5O/c1-3-12-10(2)13(19-18-12)14(20)17-8-7-16-11-5-4-6-15-9-11/h4-6,9,16H,3,7-8H2,1-2H3,(H,17,20)(H,18,19). The van der Waals surface area contributed by atoms with Crippen LogP contribution in [0.3, 0.4) is 0 Å². The Morgan fingerprint density at radius 1 is 1.40 bits per heavy atom. The Balaban J connectivity index is 1.79. The summed E-state index contributed by atoms with van der Waals surface area (Å²) >= 11 is 0. The van der Waals surface area contributed by atoms with Gasteiger partial charge >= 0.3 is 0 Å². The maximum absolute atomic E-state index is 12.0. The molecule has 3 N–H and O–H groups in total. The Hall–Kier alpha value is -2.37. The largest absolute Gasteiger partial charge is 0.382 e. The van der Waals surface area contributed by atoms with Gasteiger partial charge in [-0.1, -0.05) is 6.92 Å².